The molecule has 1 atom stereocenters. The number of aromatic nitrogens is 2. The maximum atomic E-state index is 5.74. The fraction of sp³-hybridized carbons (Fsp3) is 0.875. The first-order valence-electron chi connectivity index (χ1n) is 8.47. The van der Waals surface area contributed by atoms with Crippen molar-refractivity contribution in [2.75, 3.05) is 19.7 Å². The van der Waals surface area contributed by atoms with E-state index in [9.17, 15) is 0 Å². The molecule has 0 amide bonds. The fourth-order valence-corrected chi connectivity index (χ4v) is 5.69. The van der Waals surface area contributed by atoms with Crippen LogP contribution in [-0.4, -0.2) is 29.8 Å². The molecule has 4 aliphatic carbocycles. The van der Waals surface area contributed by atoms with Crippen molar-refractivity contribution in [1.29, 1.82) is 0 Å². The molecule has 1 aromatic rings. The Morgan fingerprint density at radius 2 is 1.73 bits per heavy atom. The van der Waals surface area contributed by atoms with Gasteiger partial charge in [-0.1, -0.05) is 5.16 Å². The summed E-state index contributed by atoms with van der Waals surface area (Å²) in [6.07, 6.45) is 8.11. The third kappa shape index (κ3) is 2.29. The van der Waals surface area contributed by atoms with Crippen LogP contribution in [0, 0.1) is 17.8 Å². The first-order valence-corrected chi connectivity index (χ1v) is 8.47. The molecule has 5 aliphatic rings. The molecule has 0 aromatic carbocycles. The van der Waals surface area contributed by atoms with E-state index in [-0.39, 0.29) is 23.9 Å². The monoisotopic (exact) mass is 325 g/mol. The van der Waals surface area contributed by atoms with Crippen molar-refractivity contribution >= 4 is 12.4 Å². The van der Waals surface area contributed by atoms with Gasteiger partial charge < -0.3 is 14.6 Å². The lowest BCUT2D eigenvalue weighted by Crippen LogP contribution is -2.49. The lowest BCUT2D eigenvalue weighted by atomic mass is 9.49. The smallest absolute Gasteiger partial charge is 0.257 e. The fourth-order valence-electron chi connectivity index (χ4n) is 5.69. The number of nitrogens with one attached hydrogen (secondary N) is 1. The molecule has 1 aromatic heterocycles. The summed E-state index contributed by atoms with van der Waals surface area (Å²) < 4.78 is 11.3. The molecule has 0 radical (unpaired) electrons. The van der Waals surface area contributed by atoms with E-state index in [4.69, 9.17) is 14.2 Å². The van der Waals surface area contributed by atoms with Gasteiger partial charge in [0.2, 0.25) is 0 Å². The van der Waals surface area contributed by atoms with Crippen molar-refractivity contribution < 1.29 is 9.26 Å². The topological polar surface area (TPSA) is 60.2 Å². The van der Waals surface area contributed by atoms with Gasteiger partial charge in [0, 0.05) is 18.5 Å². The minimum absolute atomic E-state index is 0. The number of rotatable bonds is 2. The van der Waals surface area contributed by atoms with Gasteiger partial charge in [-0.2, -0.15) is 4.98 Å². The molecule has 5 nitrogen and oxygen atoms in total. The molecule has 1 unspecified atom stereocenters. The third-order valence-corrected chi connectivity index (χ3v) is 6.16. The van der Waals surface area contributed by atoms with Crippen LogP contribution in [-0.2, 0) is 10.2 Å². The minimum atomic E-state index is -0.0612. The average Bonchev–Trinajstić information content (AvgIpc) is 2.97. The third-order valence-electron chi connectivity index (χ3n) is 6.16. The van der Waals surface area contributed by atoms with Gasteiger partial charge in [0.15, 0.2) is 5.82 Å². The molecule has 6 heteroatoms. The van der Waals surface area contributed by atoms with E-state index in [2.05, 4.69) is 10.5 Å². The Kier molecular flexibility index (Phi) is 3.70. The largest absolute Gasteiger partial charge is 0.366 e. The Morgan fingerprint density at radius 3 is 2.32 bits per heavy atom. The van der Waals surface area contributed by atoms with Crippen LogP contribution in [0.4, 0.5) is 0 Å². The van der Waals surface area contributed by atoms with Crippen LogP contribution in [0.3, 0.4) is 0 Å². The summed E-state index contributed by atoms with van der Waals surface area (Å²) in [6, 6.07) is 0. The van der Waals surface area contributed by atoms with Crippen molar-refractivity contribution in [3.63, 3.8) is 0 Å². The zero-order valence-corrected chi connectivity index (χ0v) is 13.6. The van der Waals surface area contributed by atoms with Crippen molar-refractivity contribution in [2.45, 2.75) is 50.0 Å². The van der Waals surface area contributed by atoms with Crippen molar-refractivity contribution in [3.8, 4) is 0 Å². The highest BCUT2D eigenvalue weighted by Gasteiger charge is 2.54. The first kappa shape index (κ1) is 14.9. The van der Waals surface area contributed by atoms with Crippen LogP contribution in [0.25, 0.3) is 0 Å². The Bertz CT molecular complexity index is 506. The molecule has 4 bridgehead atoms. The summed E-state index contributed by atoms with van der Waals surface area (Å²) in [5.74, 6) is 4.38. The summed E-state index contributed by atoms with van der Waals surface area (Å²) in [5.41, 5.74) is 0.221. The van der Waals surface area contributed by atoms with E-state index in [1.807, 2.05) is 0 Å². The molecular weight excluding hydrogens is 302 g/mol. The highest BCUT2D eigenvalue weighted by atomic mass is 35.5. The highest BCUT2D eigenvalue weighted by Crippen LogP contribution is 2.60. The number of nitrogens with zero attached hydrogens (tertiary/aromatic N) is 2. The van der Waals surface area contributed by atoms with E-state index in [1.54, 1.807) is 0 Å². The summed E-state index contributed by atoms with van der Waals surface area (Å²) in [6.45, 7) is 2.41. The van der Waals surface area contributed by atoms with E-state index < -0.39 is 0 Å². The predicted molar refractivity (Wildman–Crippen MR) is 83.0 cm³/mol. The molecule has 1 N–H and O–H groups in total. The van der Waals surface area contributed by atoms with E-state index in [0.717, 1.165) is 43.3 Å². The van der Waals surface area contributed by atoms with Crippen molar-refractivity contribution in [2.24, 2.45) is 17.8 Å². The van der Waals surface area contributed by atoms with Crippen LogP contribution in [0.5, 0.6) is 0 Å². The number of halogens is 1. The second-order valence-corrected chi connectivity index (χ2v) is 7.72. The van der Waals surface area contributed by atoms with Gasteiger partial charge in [-0.25, -0.2) is 0 Å². The second kappa shape index (κ2) is 5.46. The molecule has 0 spiro atoms. The van der Waals surface area contributed by atoms with Crippen molar-refractivity contribution in [1.82, 2.24) is 15.5 Å². The Balaban J connectivity index is 0.00000125. The Labute approximate surface area is 137 Å². The second-order valence-electron chi connectivity index (χ2n) is 7.72. The van der Waals surface area contributed by atoms with Crippen molar-refractivity contribution in [3.05, 3.63) is 11.7 Å². The maximum absolute atomic E-state index is 5.74. The Morgan fingerprint density at radius 1 is 1.05 bits per heavy atom. The zero-order chi connectivity index (χ0) is 13.9. The molecule has 6 rings (SSSR count). The maximum Gasteiger partial charge on any atom is 0.257 e. The van der Waals surface area contributed by atoms with Crippen LogP contribution < -0.4 is 5.32 Å². The lowest BCUT2D eigenvalue weighted by molar-refractivity contribution is -0.0103. The summed E-state index contributed by atoms with van der Waals surface area (Å²) >= 11 is 0. The zero-order valence-electron chi connectivity index (χ0n) is 12.8. The molecule has 1 saturated heterocycles. The molecule has 4 saturated carbocycles. The molecule has 122 valence electrons. The SMILES string of the molecule is C1COC(c2nc(C34CC5CC(CC(C5)C3)C4)no2)CN1.Cl. The highest BCUT2D eigenvalue weighted by molar-refractivity contribution is 5.85. The summed E-state index contributed by atoms with van der Waals surface area (Å²) in [4.78, 5) is 4.78. The molecular formula is C16H24ClN3O2. The standard InChI is InChI=1S/C16H23N3O2.ClH/c1-2-20-13(9-17-1)14-18-15(19-21-14)16-6-10-3-11(7-16)5-12(4-10)8-16;/h10-13,17H,1-9H2;1H. The summed E-state index contributed by atoms with van der Waals surface area (Å²) in [7, 11) is 0. The number of morpholine rings is 1. The number of ether oxygens (including phenoxy) is 1. The molecule has 2 heterocycles. The lowest BCUT2D eigenvalue weighted by Gasteiger charge is -2.55. The Hall–Kier alpha value is -0.650. The van der Waals surface area contributed by atoms with Gasteiger partial charge >= 0.3 is 0 Å². The van der Waals surface area contributed by atoms with Gasteiger partial charge in [-0.05, 0) is 56.3 Å². The van der Waals surface area contributed by atoms with Crippen LogP contribution in [0.2, 0.25) is 0 Å². The summed E-state index contributed by atoms with van der Waals surface area (Å²) in [5, 5.41) is 7.71. The van der Waals surface area contributed by atoms with E-state index >= 15 is 0 Å². The quantitative estimate of drug-likeness (QED) is 0.905. The molecule has 22 heavy (non-hydrogen) atoms. The van der Waals surface area contributed by atoms with Crippen LogP contribution in [0.15, 0.2) is 4.52 Å². The number of hydrogen-bond donors (Lipinski definition) is 1. The minimum Gasteiger partial charge on any atom is -0.366 e. The molecule has 1 aliphatic heterocycles. The average molecular weight is 326 g/mol. The van der Waals surface area contributed by atoms with E-state index in [1.165, 1.54) is 38.5 Å². The van der Waals surface area contributed by atoms with Crippen LogP contribution >= 0.6 is 12.4 Å². The van der Waals surface area contributed by atoms with Gasteiger partial charge in [0.25, 0.3) is 5.89 Å². The molecule has 5 fully saturated rings. The normalized spacial score (nSPS) is 43.1. The van der Waals surface area contributed by atoms with Gasteiger partial charge in [0.05, 0.1) is 6.61 Å². The van der Waals surface area contributed by atoms with E-state index in [0.29, 0.717) is 5.89 Å². The van der Waals surface area contributed by atoms with Gasteiger partial charge in [-0.3, -0.25) is 0 Å². The predicted octanol–water partition coefficient (Wildman–Crippen LogP) is 2.62. The van der Waals surface area contributed by atoms with Crippen LogP contribution in [0.1, 0.15) is 56.3 Å². The number of hydrogen-bond acceptors (Lipinski definition) is 5. The van der Waals surface area contributed by atoms with Gasteiger partial charge in [-0.15, -0.1) is 12.4 Å². The van der Waals surface area contributed by atoms with Gasteiger partial charge in [0.1, 0.15) is 6.10 Å². The first-order chi connectivity index (χ1) is 10.3.